The smallest absolute Gasteiger partial charge is 0.135 e. The molecule has 0 radical (unpaired) electrons. The van der Waals surface area contributed by atoms with Gasteiger partial charge in [0.2, 0.25) is 0 Å². The van der Waals surface area contributed by atoms with Crippen molar-refractivity contribution in [2.24, 2.45) is 5.92 Å². The summed E-state index contributed by atoms with van der Waals surface area (Å²) in [5.74, 6) is 0.640. The number of Topliss-reactive ketones (excluding diaryl/α,β-unsaturated/α-hetero) is 1. The molecule has 0 aromatic carbocycles. The zero-order valence-corrected chi connectivity index (χ0v) is 10.6. The lowest BCUT2D eigenvalue weighted by Crippen LogP contribution is -2.13. The lowest BCUT2D eigenvalue weighted by atomic mass is 10.0. The maximum absolute atomic E-state index is 11.3. The van der Waals surface area contributed by atoms with Gasteiger partial charge >= 0.3 is 0 Å². The number of ketones is 1. The number of carbonyl (C=O) groups excluding carboxylic acids is 1. The number of carbonyl (C=O) groups is 1. The van der Waals surface area contributed by atoms with Gasteiger partial charge in [-0.3, -0.25) is 4.79 Å². The van der Waals surface area contributed by atoms with Gasteiger partial charge in [-0.1, -0.05) is 40.0 Å². The standard InChI is InChI=1S/C13H27NO.H2/c1-4-14-11-9-7-5-6-8-10-13(15)12(2)3;/h12,14H,4-11H2,1-3H3;1H. The molecular weight excluding hydrogens is 186 g/mol. The summed E-state index contributed by atoms with van der Waals surface area (Å²) < 4.78 is 0. The fourth-order valence-corrected chi connectivity index (χ4v) is 1.55. The maximum Gasteiger partial charge on any atom is 0.135 e. The largest absolute Gasteiger partial charge is 0.317 e. The Balaban J connectivity index is 0. The average molecular weight is 215 g/mol. The Morgan fingerprint density at radius 1 is 1.13 bits per heavy atom. The molecule has 0 rings (SSSR count). The van der Waals surface area contributed by atoms with E-state index >= 15 is 0 Å². The zero-order chi connectivity index (χ0) is 11.5. The predicted molar refractivity (Wildman–Crippen MR) is 68.2 cm³/mol. The summed E-state index contributed by atoms with van der Waals surface area (Å²) in [4.78, 5) is 11.3. The zero-order valence-electron chi connectivity index (χ0n) is 10.6. The van der Waals surface area contributed by atoms with Crippen molar-refractivity contribution in [1.82, 2.24) is 5.32 Å². The third-order valence-electron chi connectivity index (χ3n) is 2.67. The van der Waals surface area contributed by atoms with E-state index in [0.29, 0.717) is 5.78 Å². The lowest BCUT2D eigenvalue weighted by molar-refractivity contribution is -0.122. The summed E-state index contributed by atoms with van der Waals surface area (Å²) in [6.07, 6.45) is 6.92. The van der Waals surface area contributed by atoms with Gasteiger partial charge in [-0.25, -0.2) is 0 Å². The number of nitrogens with one attached hydrogen (secondary N) is 1. The molecule has 15 heavy (non-hydrogen) atoms. The summed E-state index contributed by atoms with van der Waals surface area (Å²) >= 11 is 0. The van der Waals surface area contributed by atoms with E-state index in [-0.39, 0.29) is 7.34 Å². The van der Waals surface area contributed by atoms with Crippen LogP contribution in [-0.4, -0.2) is 18.9 Å². The van der Waals surface area contributed by atoms with Crippen molar-refractivity contribution < 1.29 is 6.22 Å². The Labute approximate surface area is 96.3 Å². The van der Waals surface area contributed by atoms with Crippen LogP contribution in [0.1, 0.15) is 60.7 Å². The van der Waals surface area contributed by atoms with Crippen LogP contribution in [0.5, 0.6) is 0 Å². The van der Waals surface area contributed by atoms with Crippen molar-refractivity contribution in [1.29, 1.82) is 0 Å². The first-order chi connectivity index (χ1) is 7.18. The van der Waals surface area contributed by atoms with Crippen molar-refractivity contribution >= 4 is 5.78 Å². The van der Waals surface area contributed by atoms with Gasteiger partial charge in [0.1, 0.15) is 5.78 Å². The van der Waals surface area contributed by atoms with Crippen LogP contribution >= 0.6 is 0 Å². The summed E-state index contributed by atoms with van der Waals surface area (Å²) in [6.45, 7) is 8.32. The van der Waals surface area contributed by atoms with Gasteiger partial charge in [-0.2, -0.15) is 0 Å². The summed E-state index contributed by atoms with van der Waals surface area (Å²) in [5.41, 5.74) is 0. The monoisotopic (exact) mass is 215 g/mol. The van der Waals surface area contributed by atoms with Crippen LogP contribution in [0.3, 0.4) is 0 Å². The second-order valence-electron chi connectivity index (χ2n) is 4.49. The number of hydrogen-bond acceptors (Lipinski definition) is 2. The SMILES string of the molecule is CCNCCCCCCCC(=O)C(C)C.[HH]. The van der Waals surface area contributed by atoms with E-state index in [9.17, 15) is 4.79 Å². The molecule has 0 aromatic rings. The normalized spacial score (nSPS) is 10.9. The minimum atomic E-state index is 0. The Bertz CT molecular complexity index is 160. The van der Waals surface area contributed by atoms with E-state index in [1.54, 1.807) is 0 Å². The summed E-state index contributed by atoms with van der Waals surface area (Å²) in [5, 5.41) is 3.32. The molecule has 0 aliphatic rings. The van der Waals surface area contributed by atoms with Gasteiger partial charge in [0.25, 0.3) is 0 Å². The van der Waals surface area contributed by atoms with Crippen LogP contribution < -0.4 is 5.32 Å². The third kappa shape index (κ3) is 9.92. The number of unbranched alkanes of at least 4 members (excludes halogenated alkanes) is 4. The molecule has 0 heterocycles. The molecule has 0 spiro atoms. The van der Waals surface area contributed by atoms with Crippen LogP contribution in [0.25, 0.3) is 0 Å². The van der Waals surface area contributed by atoms with Crippen LogP contribution in [0, 0.1) is 5.92 Å². The molecule has 0 bridgehead atoms. The van der Waals surface area contributed by atoms with E-state index in [2.05, 4.69) is 12.2 Å². The Hall–Kier alpha value is -0.370. The second kappa shape index (κ2) is 10.2. The van der Waals surface area contributed by atoms with Gasteiger partial charge in [0, 0.05) is 13.8 Å². The van der Waals surface area contributed by atoms with Crippen LogP contribution in [0.2, 0.25) is 0 Å². The Kier molecular flexibility index (Phi) is 9.91. The summed E-state index contributed by atoms with van der Waals surface area (Å²) in [7, 11) is 0. The second-order valence-corrected chi connectivity index (χ2v) is 4.49. The Morgan fingerprint density at radius 3 is 2.33 bits per heavy atom. The van der Waals surface area contributed by atoms with Gasteiger partial charge in [0.15, 0.2) is 0 Å². The molecule has 1 N–H and O–H groups in total. The fraction of sp³-hybridized carbons (Fsp3) is 0.923. The minimum absolute atomic E-state index is 0. The van der Waals surface area contributed by atoms with Gasteiger partial charge in [-0.15, -0.1) is 0 Å². The molecule has 0 aliphatic heterocycles. The topological polar surface area (TPSA) is 29.1 Å². The molecule has 0 aromatic heterocycles. The third-order valence-corrected chi connectivity index (χ3v) is 2.67. The molecular formula is C13H29NO. The van der Waals surface area contributed by atoms with Gasteiger partial charge < -0.3 is 5.32 Å². The van der Waals surface area contributed by atoms with Crippen molar-refractivity contribution in [3.05, 3.63) is 0 Å². The van der Waals surface area contributed by atoms with Gasteiger partial charge in [-0.05, 0) is 25.9 Å². The molecule has 0 saturated carbocycles. The van der Waals surface area contributed by atoms with Crippen LogP contribution in [0.15, 0.2) is 0 Å². The van der Waals surface area contributed by atoms with Crippen LogP contribution in [0.4, 0.5) is 0 Å². The molecule has 0 amide bonds. The van der Waals surface area contributed by atoms with Crippen molar-refractivity contribution in [3.8, 4) is 0 Å². The average Bonchev–Trinajstić information content (AvgIpc) is 2.21. The first-order valence-electron chi connectivity index (χ1n) is 6.42. The highest BCUT2D eigenvalue weighted by Crippen LogP contribution is 2.08. The highest BCUT2D eigenvalue weighted by atomic mass is 16.1. The van der Waals surface area contributed by atoms with E-state index in [1.807, 2.05) is 13.8 Å². The first-order valence-corrected chi connectivity index (χ1v) is 6.42. The molecule has 0 fully saturated rings. The van der Waals surface area contributed by atoms with Crippen molar-refractivity contribution in [3.63, 3.8) is 0 Å². The molecule has 92 valence electrons. The van der Waals surface area contributed by atoms with E-state index < -0.39 is 0 Å². The maximum atomic E-state index is 11.3. The minimum Gasteiger partial charge on any atom is -0.317 e. The molecule has 0 unspecified atom stereocenters. The molecule has 2 heteroatoms. The molecule has 0 aliphatic carbocycles. The van der Waals surface area contributed by atoms with E-state index in [4.69, 9.17) is 0 Å². The Morgan fingerprint density at radius 2 is 1.73 bits per heavy atom. The molecule has 2 nitrogen and oxygen atoms in total. The van der Waals surface area contributed by atoms with Crippen molar-refractivity contribution in [2.45, 2.75) is 59.3 Å². The predicted octanol–water partition coefficient (Wildman–Crippen LogP) is 3.41. The highest BCUT2D eigenvalue weighted by molar-refractivity contribution is 5.80. The number of rotatable bonds is 10. The van der Waals surface area contributed by atoms with E-state index in [0.717, 1.165) is 25.9 Å². The van der Waals surface area contributed by atoms with E-state index in [1.165, 1.54) is 25.7 Å². The molecule has 0 atom stereocenters. The van der Waals surface area contributed by atoms with Crippen LogP contribution in [-0.2, 0) is 4.79 Å². The van der Waals surface area contributed by atoms with Gasteiger partial charge in [0.05, 0.1) is 0 Å². The number of hydrogen-bond donors (Lipinski definition) is 1. The highest BCUT2D eigenvalue weighted by Gasteiger charge is 2.05. The lowest BCUT2D eigenvalue weighted by Gasteiger charge is -2.04. The fourth-order valence-electron chi connectivity index (χ4n) is 1.55. The first kappa shape index (κ1) is 14.6. The summed E-state index contributed by atoms with van der Waals surface area (Å²) in [6, 6.07) is 0. The molecule has 0 saturated heterocycles. The quantitative estimate of drug-likeness (QED) is 0.566. The van der Waals surface area contributed by atoms with Crippen molar-refractivity contribution in [2.75, 3.05) is 13.1 Å².